The van der Waals surface area contributed by atoms with Crippen molar-refractivity contribution in [1.29, 1.82) is 0 Å². The summed E-state index contributed by atoms with van der Waals surface area (Å²) >= 11 is 0. The van der Waals surface area contributed by atoms with E-state index in [-0.39, 0.29) is 6.04 Å². The average Bonchev–Trinajstić information content (AvgIpc) is 2.85. The molecule has 19 heavy (non-hydrogen) atoms. The van der Waals surface area contributed by atoms with Crippen LogP contribution in [0, 0.1) is 0 Å². The van der Waals surface area contributed by atoms with Crippen LogP contribution in [-0.4, -0.2) is 28.4 Å². The van der Waals surface area contributed by atoms with E-state index in [0.717, 1.165) is 23.5 Å². The van der Waals surface area contributed by atoms with Gasteiger partial charge in [0.2, 0.25) is 0 Å². The van der Waals surface area contributed by atoms with Crippen LogP contribution in [-0.2, 0) is 0 Å². The van der Waals surface area contributed by atoms with Crippen LogP contribution >= 0.6 is 0 Å². The molecule has 1 aliphatic heterocycles. The summed E-state index contributed by atoms with van der Waals surface area (Å²) in [4.78, 5) is 4.11. The SMILES string of the molecule is NNC(c1ccc2c(c1)OCCCO2)c1ncn[nH]1. The number of rotatable bonds is 3. The molecule has 7 heteroatoms. The fourth-order valence-electron chi connectivity index (χ4n) is 2.05. The van der Waals surface area contributed by atoms with E-state index in [4.69, 9.17) is 15.3 Å². The van der Waals surface area contributed by atoms with E-state index in [1.54, 1.807) is 0 Å². The molecule has 0 aliphatic carbocycles. The smallest absolute Gasteiger partial charge is 0.161 e. The molecular weight excluding hydrogens is 246 g/mol. The van der Waals surface area contributed by atoms with Crippen LogP contribution in [0.4, 0.5) is 0 Å². The minimum atomic E-state index is -0.264. The molecule has 0 spiro atoms. The summed E-state index contributed by atoms with van der Waals surface area (Å²) < 4.78 is 11.3. The maximum atomic E-state index is 5.66. The fourth-order valence-corrected chi connectivity index (χ4v) is 2.05. The number of hydrogen-bond acceptors (Lipinski definition) is 6. The molecule has 1 aromatic heterocycles. The molecule has 0 amide bonds. The van der Waals surface area contributed by atoms with Crippen molar-refractivity contribution in [2.45, 2.75) is 12.5 Å². The van der Waals surface area contributed by atoms with E-state index in [0.29, 0.717) is 19.0 Å². The Labute approximate surface area is 110 Å². The summed E-state index contributed by atoms with van der Waals surface area (Å²) in [6, 6.07) is 5.46. The first kappa shape index (κ1) is 11.9. The molecule has 3 rings (SSSR count). The molecular formula is C12H15N5O2. The van der Waals surface area contributed by atoms with Gasteiger partial charge in [0.15, 0.2) is 11.5 Å². The van der Waals surface area contributed by atoms with Gasteiger partial charge in [0, 0.05) is 6.42 Å². The molecule has 100 valence electrons. The molecule has 0 bridgehead atoms. The first-order valence-corrected chi connectivity index (χ1v) is 6.09. The highest BCUT2D eigenvalue weighted by molar-refractivity contribution is 5.45. The zero-order valence-electron chi connectivity index (χ0n) is 10.3. The first-order chi connectivity index (χ1) is 9.38. The number of nitrogens with zero attached hydrogens (tertiary/aromatic N) is 2. The summed E-state index contributed by atoms with van der Waals surface area (Å²) in [5.74, 6) is 7.73. The highest BCUT2D eigenvalue weighted by Crippen LogP contribution is 2.33. The maximum Gasteiger partial charge on any atom is 0.161 e. The van der Waals surface area contributed by atoms with E-state index in [2.05, 4.69) is 20.6 Å². The second kappa shape index (κ2) is 5.25. The standard InChI is InChI=1S/C12H15N5O2/c13-16-11(12-14-7-15-17-12)8-2-3-9-10(6-8)19-5-1-4-18-9/h2-3,6-7,11,16H,1,4-5,13H2,(H,14,15,17). The Morgan fingerprint density at radius 3 is 2.84 bits per heavy atom. The topological polar surface area (TPSA) is 98.1 Å². The zero-order chi connectivity index (χ0) is 13.1. The van der Waals surface area contributed by atoms with E-state index >= 15 is 0 Å². The minimum Gasteiger partial charge on any atom is -0.490 e. The van der Waals surface area contributed by atoms with Crippen molar-refractivity contribution in [1.82, 2.24) is 20.6 Å². The van der Waals surface area contributed by atoms with Crippen LogP contribution in [0.2, 0.25) is 0 Å². The van der Waals surface area contributed by atoms with Crippen LogP contribution in [0.25, 0.3) is 0 Å². The Bertz CT molecular complexity index is 543. The van der Waals surface area contributed by atoms with E-state index in [1.807, 2.05) is 18.2 Å². The number of nitrogens with one attached hydrogen (secondary N) is 2. The second-order valence-corrected chi connectivity index (χ2v) is 4.23. The van der Waals surface area contributed by atoms with Gasteiger partial charge in [0.1, 0.15) is 18.2 Å². The van der Waals surface area contributed by atoms with Gasteiger partial charge in [-0.3, -0.25) is 10.9 Å². The van der Waals surface area contributed by atoms with Crippen LogP contribution in [0.1, 0.15) is 23.9 Å². The normalized spacial score (nSPS) is 15.8. The van der Waals surface area contributed by atoms with Crippen molar-refractivity contribution in [3.05, 3.63) is 35.9 Å². The van der Waals surface area contributed by atoms with E-state index in [1.165, 1.54) is 6.33 Å². The zero-order valence-corrected chi connectivity index (χ0v) is 10.3. The Balaban J connectivity index is 1.94. The lowest BCUT2D eigenvalue weighted by Crippen LogP contribution is -2.29. The van der Waals surface area contributed by atoms with Crippen molar-refractivity contribution < 1.29 is 9.47 Å². The number of ether oxygens (including phenoxy) is 2. The summed E-state index contributed by atoms with van der Waals surface area (Å²) in [6.45, 7) is 1.33. The monoisotopic (exact) mass is 261 g/mol. The third kappa shape index (κ3) is 2.38. The predicted molar refractivity (Wildman–Crippen MR) is 67.6 cm³/mol. The summed E-state index contributed by atoms with van der Waals surface area (Å²) in [5.41, 5.74) is 3.65. The molecule has 1 atom stereocenters. The molecule has 0 saturated carbocycles. The van der Waals surface area contributed by atoms with Crippen LogP contribution in [0.5, 0.6) is 11.5 Å². The Morgan fingerprint density at radius 1 is 1.26 bits per heavy atom. The quantitative estimate of drug-likeness (QED) is 0.550. The van der Waals surface area contributed by atoms with Crippen LogP contribution in [0.15, 0.2) is 24.5 Å². The molecule has 2 aromatic rings. The van der Waals surface area contributed by atoms with Gasteiger partial charge < -0.3 is 9.47 Å². The molecule has 0 fully saturated rings. The molecule has 4 N–H and O–H groups in total. The van der Waals surface area contributed by atoms with Gasteiger partial charge >= 0.3 is 0 Å². The Morgan fingerprint density at radius 2 is 2.11 bits per heavy atom. The van der Waals surface area contributed by atoms with Gasteiger partial charge in [0.25, 0.3) is 0 Å². The number of hydrogen-bond donors (Lipinski definition) is 3. The molecule has 1 aliphatic rings. The predicted octanol–water partition coefficient (Wildman–Crippen LogP) is 0.519. The summed E-state index contributed by atoms with van der Waals surface area (Å²) in [7, 11) is 0. The fraction of sp³-hybridized carbons (Fsp3) is 0.333. The van der Waals surface area contributed by atoms with Gasteiger partial charge in [-0.2, -0.15) is 5.10 Å². The van der Waals surface area contributed by atoms with Crippen molar-refractivity contribution in [2.24, 2.45) is 5.84 Å². The summed E-state index contributed by atoms with van der Waals surface area (Å²) in [5, 5.41) is 6.63. The van der Waals surface area contributed by atoms with Gasteiger partial charge in [-0.05, 0) is 17.7 Å². The molecule has 0 saturated heterocycles. The van der Waals surface area contributed by atoms with Crippen molar-refractivity contribution in [2.75, 3.05) is 13.2 Å². The Hall–Kier alpha value is -2.12. The maximum absolute atomic E-state index is 5.66. The van der Waals surface area contributed by atoms with Gasteiger partial charge in [-0.25, -0.2) is 10.4 Å². The van der Waals surface area contributed by atoms with Crippen molar-refractivity contribution in [3.63, 3.8) is 0 Å². The third-order valence-electron chi connectivity index (χ3n) is 2.98. The highest BCUT2D eigenvalue weighted by Gasteiger charge is 2.18. The van der Waals surface area contributed by atoms with Gasteiger partial charge in [-0.15, -0.1) is 0 Å². The number of fused-ring (bicyclic) bond motifs is 1. The number of nitrogens with two attached hydrogens (primary N) is 1. The average molecular weight is 261 g/mol. The lowest BCUT2D eigenvalue weighted by Gasteiger charge is -2.15. The van der Waals surface area contributed by atoms with E-state index < -0.39 is 0 Å². The second-order valence-electron chi connectivity index (χ2n) is 4.23. The van der Waals surface area contributed by atoms with Crippen molar-refractivity contribution >= 4 is 0 Å². The largest absolute Gasteiger partial charge is 0.490 e. The molecule has 2 heterocycles. The number of H-pyrrole nitrogens is 1. The summed E-state index contributed by atoms with van der Waals surface area (Å²) in [6.07, 6.45) is 2.33. The van der Waals surface area contributed by atoms with Gasteiger partial charge in [-0.1, -0.05) is 6.07 Å². The van der Waals surface area contributed by atoms with Crippen molar-refractivity contribution in [3.8, 4) is 11.5 Å². The Kier molecular flexibility index (Phi) is 3.30. The lowest BCUT2D eigenvalue weighted by atomic mass is 10.1. The highest BCUT2D eigenvalue weighted by atomic mass is 16.5. The number of hydrazine groups is 1. The molecule has 0 radical (unpaired) electrons. The molecule has 1 aromatic carbocycles. The third-order valence-corrected chi connectivity index (χ3v) is 2.98. The van der Waals surface area contributed by atoms with E-state index in [9.17, 15) is 0 Å². The molecule has 7 nitrogen and oxygen atoms in total. The number of aromatic amines is 1. The minimum absolute atomic E-state index is 0.264. The first-order valence-electron chi connectivity index (χ1n) is 6.09. The molecule has 1 unspecified atom stereocenters. The van der Waals surface area contributed by atoms with Crippen LogP contribution in [0.3, 0.4) is 0 Å². The lowest BCUT2D eigenvalue weighted by molar-refractivity contribution is 0.297. The number of aromatic nitrogens is 3. The number of benzene rings is 1. The van der Waals surface area contributed by atoms with Crippen LogP contribution < -0.4 is 20.7 Å². The van der Waals surface area contributed by atoms with Gasteiger partial charge in [0.05, 0.1) is 13.2 Å².